The van der Waals surface area contributed by atoms with Crippen molar-refractivity contribution >= 4 is 17.7 Å². The Morgan fingerprint density at radius 2 is 1.84 bits per heavy atom. The molecule has 6 heteroatoms. The van der Waals surface area contributed by atoms with Crippen molar-refractivity contribution in [1.82, 2.24) is 10.4 Å². The molecule has 1 aromatic rings. The Hall–Kier alpha value is -1.70. The Morgan fingerprint density at radius 3 is 2.56 bits per heavy atom. The Bertz CT molecular complexity index is 894. The van der Waals surface area contributed by atoms with Gasteiger partial charge in [0, 0.05) is 5.56 Å². The van der Waals surface area contributed by atoms with Crippen LogP contribution in [-0.2, 0) is 9.59 Å². The quantitative estimate of drug-likeness (QED) is 0.319. The van der Waals surface area contributed by atoms with Crippen molar-refractivity contribution in [2.75, 3.05) is 0 Å². The van der Waals surface area contributed by atoms with Gasteiger partial charge in [-0.05, 0) is 59.8 Å². The monoisotopic (exact) mass is 447 g/mol. The van der Waals surface area contributed by atoms with Crippen LogP contribution >= 0.6 is 0 Å². The van der Waals surface area contributed by atoms with Crippen LogP contribution in [0.2, 0.25) is 0 Å². The molecule has 0 aromatic heterocycles. The lowest BCUT2D eigenvalue weighted by molar-refractivity contribution is -0.328. The number of imide groups is 1. The third kappa shape index (κ3) is 1.58. The number of hydrazine groups is 1. The van der Waals surface area contributed by atoms with Gasteiger partial charge in [-0.25, -0.2) is 0 Å². The van der Waals surface area contributed by atoms with Crippen molar-refractivity contribution in [3.8, 4) is 0 Å². The van der Waals surface area contributed by atoms with Gasteiger partial charge in [-0.15, -0.1) is 0 Å². The molecule has 7 rings (SSSR count). The van der Waals surface area contributed by atoms with Crippen LogP contribution in [0.3, 0.4) is 0 Å². The highest BCUT2D eigenvalue weighted by Crippen LogP contribution is 2.91. The molecule has 1 N–H and O–H groups in total. The fourth-order valence-electron chi connectivity index (χ4n) is 5.95. The Labute approximate surface area is 157 Å². The highest BCUT2D eigenvalue weighted by atomic mass is 127. The molecular weight excluding hydrogens is 431 g/mol. The summed E-state index contributed by atoms with van der Waals surface area (Å²) in [5, 5.41) is 1.00. The highest BCUT2D eigenvalue weighted by molar-refractivity contribution is 6.08. The lowest BCUT2D eigenvalue weighted by atomic mass is 9.58. The number of carbonyl (C=O) groups excluding carboxylic acids is 3. The summed E-state index contributed by atoms with van der Waals surface area (Å²) < 4.78 is 1.06. The second kappa shape index (κ2) is 4.34. The van der Waals surface area contributed by atoms with Crippen LogP contribution in [-0.4, -0.2) is 22.7 Å². The molecule has 126 valence electrons. The summed E-state index contributed by atoms with van der Waals surface area (Å²) in [4.78, 5) is 38.3. The number of hydrogen-bond acceptors (Lipinski definition) is 3. The van der Waals surface area contributed by atoms with E-state index in [9.17, 15) is 14.4 Å². The van der Waals surface area contributed by atoms with E-state index in [0.717, 1.165) is 14.5 Å². The van der Waals surface area contributed by atoms with Crippen molar-refractivity contribution in [2.24, 2.45) is 40.9 Å². The number of hydrogen-bond donors (Lipinski definition) is 1. The van der Waals surface area contributed by atoms with Crippen LogP contribution < -0.4 is 28.0 Å². The minimum atomic E-state index is -0.408. The summed E-state index contributed by atoms with van der Waals surface area (Å²) in [7, 11) is 0. The van der Waals surface area contributed by atoms with Gasteiger partial charge in [0.2, 0.25) is 0 Å². The first-order valence-corrected chi connectivity index (χ1v) is 9.85. The lowest BCUT2D eigenvalue weighted by Gasteiger charge is -2.42. The molecule has 7 atom stereocenters. The molecule has 3 unspecified atom stereocenters. The number of amides is 3. The normalized spacial score (nSPS) is 44.3. The number of nitrogens with one attached hydrogen (secondary N) is 1. The van der Waals surface area contributed by atoms with Crippen LogP contribution in [0.4, 0.5) is 0 Å². The molecule has 6 aliphatic rings. The van der Waals surface area contributed by atoms with Gasteiger partial charge in [-0.3, -0.25) is 19.8 Å². The van der Waals surface area contributed by atoms with Gasteiger partial charge in [0.15, 0.2) is 3.57 Å². The average molecular weight is 447 g/mol. The number of carbonyl (C=O) groups is 3. The molecule has 25 heavy (non-hydrogen) atoms. The molecule has 1 saturated heterocycles. The fourth-order valence-corrected chi connectivity index (χ4v) is 6.34. The molecule has 1 spiro atoms. The van der Waals surface area contributed by atoms with Crippen molar-refractivity contribution in [2.45, 2.75) is 6.42 Å². The summed E-state index contributed by atoms with van der Waals surface area (Å²) in [5.41, 5.74) is 3.34. The van der Waals surface area contributed by atoms with E-state index in [-0.39, 0.29) is 35.5 Å². The number of allylic oxidation sites excluding steroid dienone is 2. The van der Waals surface area contributed by atoms with Gasteiger partial charge in [-0.2, -0.15) is 5.01 Å². The maximum Gasteiger partial charge on any atom is 0.296 e. The molecule has 3 amide bonds. The molecular formula is C19H16IN2O3+. The number of benzene rings is 1. The Balaban J connectivity index is 1.29. The van der Waals surface area contributed by atoms with Gasteiger partial charge in [-0.1, -0.05) is 12.2 Å². The van der Waals surface area contributed by atoms with E-state index in [2.05, 4.69) is 17.6 Å². The maximum absolute atomic E-state index is 12.9. The van der Waals surface area contributed by atoms with Gasteiger partial charge < -0.3 is 0 Å². The lowest BCUT2D eigenvalue weighted by Crippen LogP contribution is -3.34. The predicted octanol–water partition coefficient (Wildman–Crippen LogP) is -2.16. The van der Waals surface area contributed by atoms with E-state index in [0.29, 0.717) is 16.9 Å². The van der Waals surface area contributed by atoms with Gasteiger partial charge in [0.25, 0.3) is 40.3 Å². The van der Waals surface area contributed by atoms with E-state index in [1.165, 1.54) is 6.42 Å². The molecule has 3 saturated carbocycles. The minimum Gasteiger partial charge on any atom is -0.272 e. The van der Waals surface area contributed by atoms with Crippen LogP contribution in [0, 0.1) is 44.5 Å². The van der Waals surface area contributed by atoms with Crippen molar-refractivity contribution < 1.29 is 37.0 Å². The van der Waals surface area contributed by atoms with E-state index in [4.69, 9.17) is 0 Å². The zero-order chi connectivity index (χ0) is 17.1. The second-order valence-corrected chi connectivity index (χ2v) is 9.31. The molecule has 5 aliphatic carbocycles. The SMILES string of the molecule is O=C(NN1C(=O)[C@@H]2C3C=CC(C4[C@H]5C[C@]345)[C@@H]2C1=O)c1ccc([IH+])cc1. The molecule has 2 bridgehead atoms. The predicted molar refractivity (Wildman–Crippen MR) is 83.0 cm³/mol. The standard InChI is InChI=1S/C19H15IN2O3/c20-9-3-1-8(2-4-9)16(23)21-22-17(24)13-10-5-6-11(14(13)18(22)25)19-7-12(19)15(10)19/h1-6,10-15,20H,7H2/p+1/t10?,11?,12-,13+,14-,15?,19-/m1/s1. The topological polar surface area (TPSA) is 66.5 Å². The van der Waals surface area contributed by atoms with E-state index >= 15 is 0 Å². The summed E-state index contributed by atoms with van der Waals surface area (Å²) >= 11 is 1.87. The largest absolute Gasteiger partial charge is 0.296 e. The van der Waals surface area contributed by atoms with E-state index in [1.54, 1.807) is 12.1 Å². The molecule has 4 fully saturated rings. The van der Waals surface area contributed by atoms with Crippen LogP contribution in [0.15, 0.2) is 36.4 Å². The summed E-state index contributed by atoms with van der Waals surface area (Å²) in [6.45, 7) is 0. The molecule has 1 aromatic carbocycles. The summed E-state index contributed by atoms with van der Waals surface area (Å²) in [5.74, 6) is 0.317. The molecule has 0 radical (unpaired) electrons. The summed E-state index contributed by atoms with van der Waals surface area (Å²) in [6.07, 6.45) is 5.54. The number of nitrogens with zero attached hydrogens (tertiary/aromatic N) is 1. The fraction of sp³-hybridized carbons (Fsp3) is 0.421. The Morgan fingerprint density at radius 1 is 1.12 bits per heavy atom. The zero-order valence-corrected chi connectivity index (χ0v) is 15.5. The van der Waals surface area contributed by atoms with Gasteiger partial charge in [0.05, 0.1) is 11.8 Å². The first kappa shape index (κ1) is 14.5. The summed E-state index contributed by atoms with van der Waals surface area (Å²) in [6, 6.07) is 7.10. The number of rotatable bonds is 2. The Kier molecular flexibility index (Phi) is 2.51. The first-order chi connectivity index (χ1) is 12.0. The van der Waals surface area contributed by atoms with Gasteiger partial charge in [0.1, 0.15) is 0 Å². The third-order valence-corrected chi connectivity index (χ3v) is 7.93. The van der Waals surface area contributed by atoms with Crippen LogP contribution in [0.1, 0.15) is 16.8 Å². The smallest absolute Gasteiger partial charge is 0.272 e. The second-order valence-electron chi connectivity index (χ2n) is 7.97. The zero-order valence-electron chi connectivity index (χ0n) is 13.2. The first-order valence-electron chi connectivity index (χ1n) is 8.68. The maximum atomic E-state index is 12.9. The number of halogens is 1. The van der Waals surface area contributed by atoms with Crippen LogP contribution in [0.5, 0.6) is 0 Å². The van der Waals surface area contributed by atoms with E-state index in [1.807, 2.05) is 34.7 Å². The highest BCUT2D eigenvalue weighted by Gasteiger charge is 2.88. The molecule has 1 heterocycles. The third-order valence-electron chi connectivity index (χ3n) is 7.15. The van der Waals surface area contributed by atoms with Crippen molar-refractivity contribution in [3.63, 3.8) is 0 Å². The average Bonchev–Trinajstić information content (AvgIpc) is 3.46. The molecule has 1 aliphatic heterocycles. The molecule has 5 nitrogen and oxygen atoms in total. The van der Waals surface area contributed by atoms with Crippen LogP contribution in [0.25, 0.3) is 0 Å². The van der Waals surface area contributed by atoms with Crippen molar-refractivity contribution in [3.05, 3.63) is 45.6 Å². The van der Waals surface area contributed by atoms with E-state index < -0.39 is 5.91 Å². The van der Waals surface area contributed by atoms with Gasteiger partial charge >= 0.3 is 0 Å². The minimum absolute atomic E-state index is 0.187. The van der Waals surface area contributed by atoms with Crippen molar-refractivity contribution in [1.29, 1.82) is 0 Å².